The van der Waals surface area contributed by atoms with E-state index in [-0.39, 0.29) is 23.7 Å². The molecule has 2 N–H and O–H groups in total. The Morgan fingerprint density at radius 1 is 1.00 bits per heavy atom. The minimum Gasteiger partial charge on any atom is -0.394 e. The van der Waals surface area contributed by atoms with Crippen LogP contribution in [0.4, 0.5) is 17.6 Å². The van der Waals surface area contributed by atoms with Crippen molar-refractivity contribution < 1.29 is 22.7 Å². The molecule has 1 atom stereocenters. The van der Waals surface area contributed by atoms with Gasteiger partial charge in [0.2, 0.25) is 0 Å². The summed E-state index contributed by atoms with van der Waals surface area (Å²) >= 11 is 5.57. The highest BCUT2D eigenvalue weighted by molar-refractivity contribution is 6.30. The van der Waals surface area contributed by atoms with Gasteiger partial charge in [-0.05, 0) is 35.4 Å². The quantitative estimate of drug-likeness (QED) is 0.645. The lowest BCUT2D eigenvalue weighted by Gasteiger charge is -2.17. The summed E-state index contributed by atoms with van der Waals surface area (Å²) in [5, 5.41) is 12.1. The maximum atomic E-state index is 13.4. The second kappa shape index (κ2) is 7.09. The van der Waals surface area contributed by atoms with Crippen molar-refractivity contribution in [1.82, 2.24) is 5.32 Å². The second-order valence-corrected chi connectivity index (χ2v) is 5.07. The third kappa shape index (κ3) is 3.76. The molecule has 0 aliphatic carbocycles. The normalized spacial score (nSPS) is 12.5. The lowest BCUT2D eigenvalue weighted by atomic mass is 10.1. The summed E-state index contributed by atoms with van der Waals surface area (Å²) in [7, 11) is 0. The van der Waals surface area contributed by atoms with Gasteiger partial charge in [0.25, 0.3) is 0 Å². The zero-order valence-corrected chi connectivity index (χ0v) is 12.0. The number of aliphatic hydroxyl groups excluding tert-OH is 1. The fraction of sp³-hybridized carbons (Fsp3) is 0.200. The van der Waals surface area contributed by atoms with Crippen molar-refractivity contribution in [3.8, 4) is 0 Å². The Balaban J connectivity index is 2.12. The van der Waals surface area contributed by atoms with Crippen molar-refractivity contribution in [1.29, 1.82) is 0 Å². The highest BCUT2D eigenvalue weighted by Gasteiger charge is 2.14. The molecule has 0 radical (unpaired) electrons. The molecule has 0 aromatic heterocycles. The molecule has 0 aliphatic heterocycles. The molecule has 22 heavy (non-hydrogen) atoms. The monoisotopic (exact) mass is 333 g/mol. The third-order valence-corrected chi connectivity index (χ3v) is 3.43. The number of aliphatic hydroxyl groups is 1. The predicted molar refractivity (Wildman–Crippen MR) is 74.4 cm³/mol. The van der Waals surface area contributed by atoms with Crippen LogP contribution in [0.5, 0.6) is 0 Å². The van der Waals surface area contributed by atoms with Crippen molar-refractivity contribution in [3.05, 3.63) is 69.8 Å². The van der Waals surface area contributed by atoms with Crippen LogP contribution in [0.25, 0.3) is 0 Å². The molecule has 7 heteroatoms. The number of nitrogens with one attached hydrogen (secondary N) is 1. The van der Waals surface area contributed by atoms with E-state index in [1.54, 1.807) is 0 Å². The summed E-state index contributed by atoms with van der Waals surface area (Å²) < 4.78 is 52.5. The lowest BCUT2D eigenvalue weighted by molar-refractivity contribution is 0.243. The fourth-order valence-corrected chi connectivity index (χ4v) is 2.09. The van der Waals surface area contributed by atoms with E-state index in [0.29, 0.717) is 5.56 Å². The first kappa shape index (κ1) is 16.7. The highest BCUT2D eigenvalue weighted by atomic mass is 35.5. The van der Waals surface area contributed by atoms with E-state index in [1.165, 1.54) is 12.1 Å². The molecule has 2 aromatic carbocycles. The van der Waals surface area contributed by atoms with Crippen molar-refractivity contribution in [2.75, 3.05) is 6.61 Å². The fourth-order valence-electron chi connectivity index (χ4n) is 1.97. The van der Waals surface area contributed by atoms with Crippen molar-refractivity contribution in [3.63, 3.8) is 0 Å². The summed E-state index contributed by atoms with van der Waals surface area (Å²) in [6.45, 7) is -0.406. The van der Waals surface area contributed by atoms with Gasteiger partial charge in [-0.25, -0.2) is 17.6 Å². The Morgan fingerprint density at radius 2 is 1.64 bits per heavy atom. The molecule has 0 aliphatic rings. The van der Waals surface area contributed by atoms with Gasteiger partial charge in [-0.3, -0.25) is 0 Å². The van der Waals surface area contributed by atoms with Crippen LogP contribution in [-0.4, -0.2) is 11.7 Å². The molecule has 0 bridgehead atoms. The van der Waals surface area contributed by atoms with Gasteiger partial charge in [0, 0.05) is 6.54 Å². The van der Waals surface area contributed by atoms with Crippen LogP contribution in [0.3, 0.4) is 0 Å². The summed E-state index contributed by atoms with van der Waals surface area (Å²) in [4.78, 5) is 0. The average Bonchev–Trinajstić information content (AvgIpc) is 2.48. The highest BCUT2D eigenvalue weighted by Crippen LogP contribution is 2.21. The van der Waals surface area contributed by atoms with Crippen LogP contribution in [0.2, 0.25) is 5.02 Å². The molecule has 0 amide bonds. The van der Waals surface area contributed by atoms with Crippen LogP contribution in [0, 0.1) is 23.3 Å². The van der Waals surface area contributed by atoms with Crippen LogP contribution in [0.1, 0.15) is 17.2 Å². The van der Waals surface area contributed by atoms with Crippen molar-refractivity contribution >= 4 is 11.6 Å². The molecule has 0 fully saturated rings. The molecule has 0 spiro atoms. The standard InChI is InChI=1S/C15H12ClF4NO/c16-10-2-1-9(5-11(10)17)14(7-22)21-6-8-3-12(18)15(20)13(19)4-8/h1-5,14,21-22H,6-7H2. The van der Waals surface area contributed by atoms with Gasteiger partial charge in [0.1, 0.15) is 5.82 Å². The second-order valence-electron chi connectivity index (χ2n) is 4.66. The van der Waals surface area contributed by atoms with Crippen LogP contribution >= 0.6 is 11.6 Å². The molecule has 2 aromatic rings. The summed E-state index contributed by atoms with van der Waals surface area (Å²) in [6.07, 6.45) is 0. The molecule has 2 nitrogen and oxygen atoms in total. The van der Waals surface area contributed by atoms with Crippen molar-refractivity contribution in [2.24, 2.45) is 0 Å². The first-order chi connectivity index (χ1) is 10.4. The molecular formula is C15H12ClF4NO. The molecule has 1 unspecified atom stereocenters. The number of hydrogen-bond acceptors (Lipinski definition) is 2. The van der Waals surface area contributed by atoms with E-state index in [9.17, 15) is 22.7 Å². The molecular weight excluding hydrogens is 322 g/mol. The van der Waals surface area contributed by atoms with Gasteiger partial charge < -0.3 is 10.4 Å². The number of benzene rings is 2. The summed E-state index contributed by atoms with van der Waals surface area (Å²) in [5.41, 5.74) is 0.580. The Morgan fingerprint density at radius 3 is 2.18 bits per heavy atom. The SMILES string of the molecule is OCC(NCc1cc(F)c(F)c(F)c1)c1ccc(Cl)c(F)c1. The zero-order valence-electron chi connectivity index (χ0n) is 11.2. The first-order valence-corrected chi connectivity index (χ1v) is 6.72. The molecule has 0 heterocycles. The van der Waals surface area contributed by atoms with E-state index in [4.69, 9.17) is 11.6 Å². The van der Waals surface area contributed by atoms with Crippen LogP contribution in [0.15, 0.2) is 30.3 Å². The van der Waals surface area contributed by atoms with Gasteiger partial charge in [-0.15, -0.1) is 0 Å². The third-order valence-electron chi connectivity index (χ3n) is 3.12. The molecule has 118 valence electrons. The van der Waals surface area contributed by atoms with E-state index in [2.05, 4.69) is 5.32 Å². The largest absolute Gasteiger partial charge is 0.394 e. The first-order valence-electron chi connectivity index (χ1n) is 6.35. The maximum Gasteiger partial charge on any atom is 0.194 e. The zero-order chi connectivity index (χ0) is 16.3. The van der Waals surface area contributed by atoms with Gasteiger partial charge >= 0.3 is 0 Å². The maximum absolute atomic E-state index is 13.4. The number of halogens is 5. The smallest absolute Gasteiger partial charge is 0.194 e. The Labute approximate surface area is 129 Å². The minimum absolute atomic E-state index is 0.0381. The summed E-state index contributed by atoms with van der Waals surface area (Å²) in [6, 6.07) is 5.05. The molecule has 0 saturated carbocycles. The summed E-state index contributed by atoms with van der Waals surface area (Å²) in [5.74, 6) is -4.77. The predicted octanol–water partition coefficient (Wildman–Crippen LogP) is 3.72. The van der Waals surface area contributed by atoms with Gasteiger partial charge in [-0.1, -0.05) is 17.7 Å². The van der Waals surface area contributed by atoms with Gasteiger partial charge in [0.05, 0.1) is 17.7 Å². The van der Waals surface area contributed by atoms with Gasteiger partial charge in [0.15, 0.2) is 17.5 Å². The van der Waals surface area contributed by atoms with Crippen molar-refractivity contribution in [2.45, 2.75) is 12.6 Å². The van der Waals surface area contributed by atoms with Crippen LogP contribution < -0.4 is 5.32 Å². The Bertz CT molecular complexity index is 658. The topological polar surface area (TPSA) is 32.3 Å². The number of rotatable bonds is 5. The van der Waals surface area contributed by atoms with Crippen LogP contribution in [-0.2, 0) is 6.54 Å². The minimum atomic E-state index is -1.54. The number of hydrogen-bond donors (Lipinski definition) is 2. The van der Waals surface area contributed by atoms with E-state index < -0.39 is 29.3 Å². The lowest BCUT2D eigenvalue weighted by Crippen LogP contribution is -2.24. The van der Waals surface area contributed by atoms with E-state index in [0.717, 1.165) is 18.2 Å². The Kier molecular flexibility index (Phi) is 5.39. The molecule has 2 rings (SSSR count). The van der Waals surface area contributed by atoms with E-state index >= 15 is 0 Å². The van der Waals surface area contributed by atoms with E-state index in [1.807, 2.05) is 0 Å². The Hall–Kier alpha value is -1.63. The van der Waals surface area contributed by atoms with Gasteiger partial charge in [-0.2, -0.15) is 0 Å². The average molecular weight is 334 g/mol. The molecule has 0 saturated heterocycles.